The van der Waals surface area contributed by atoms with E-state index in [1.165, 1.54) is 0 Å². The van der Waals surface area contributed by atoms with E-state index in [4.69, 9.17) is 4.74 Å². The van der Waals surface area contributed by atoms with Gasteiger partial charge in [-0.2, -0.15) is 0 Å². The number of aryl methyl sites for hydroxylation is 1. The zero-order valence-corrected chi connectivity index (χ0v) is 15.2. The standard InChI is InChI=1S/C21H23NO4/c1-14(2)26-21(25)17-8-10-18(11-9-17)22-20(24)13-12-19(23)16-6-4-15(3)5-7-16/h4-11,14H,12-13H2,1-3H3,(H,22,24). The second-order valence-electron chi connectivity index (χ2n) is 6.37. The Bertz CT molecular complexity index is 777. The van der Waals surface area contributed by atoms with Crippen molar-refractivity contribution in [2.24, 2.45) is 0 Å². The molecule has 26 heavy (non-hydrogen) atoms. The third-order valence-electron chi connectivity index (χ3n) is 3.70. The lowest BCUT2D eigenvalue weighted by molar-refractivity contribution is -0.116. The molecule has 5 nitrogen and oxygen atoms in total. The molecule has 0 spiro atoms. The minimum atomic E-state index is -0.401. The van der Waals surface area contributed by atoms with Gasteiger partial charge in [-0.1, -0.05) is 29.8 Å². The lowest BCUT2D eigenvalue weighted by Crippen LogP contribution is -2.14. The normalized spacial score (nSPS) is 10.5. The summed E-state index contributed by atoms with van der Waals surface area (Å²) in [6.45, 7) is 5.52. The molecule has 136 valence electrons. The number of esters is 1. The molecule has 0 heterocycles. The van der Waals surface area contributed by atoms with Crippen LogP contribution in [0.2, 0.25) is 0 Å². The molecule has 2 aromatic rings. The van der Waals surface area contributed by atoms with E-state index in [1.807, 2.05) is 19.1 Å². The summed E-state index contributed by atoms with van der Waals surface area (Å²) in [7, 11) is 0. The molecular weight excluding hydrogens is 330 g/mol. The van der Waals surface area contributed by atoms with E-state index in [2.05, 4.69) is 5.32 Å². The fourth-order valence-corrected chi connectivity index (χ4v) is 2.31. The van der Waals surface area contributed by atoms with Crippen molar-refractivity contribution in [3.63, 3.8) is 0 Å². The number of carbonyl (C=O) groups excluding carboxylic acids is 3. The van der Waals surface area contributed by atoms with Gasteiger partial charge in [0.2, 0.25) is 5.91 Å². The Morgan fingerprint density at radius 3 is 2.04 bits per heavy atom. The van der Waals surface area contributed by atoms with Gasteiger partial charge in [-0.3, -0.25) is 9.59 Å². The number of carbonyl (C=O) groups is 3. The van der Waals surface area contributed by atoms with E-state index in [-0.39, 0.29) is 30.6 Å². The highest BCUT2D eigenvalue weighted by Crippen LogP contribution is 2.13. The molecule has 2 aromatic carbocycles. The van der Waals surface area contributed by atoms with Gasteiger partial charge in [0.15, 0.2) is 5.78 Å². The van der Waals surface area contributed by atoms with E-state index in [9.17, 15) is 14.4 Å². The predicted molar refractivity (Wildman–Crippen MR) is 100 cm³/mol. The summed E-state index contributed by atoms with van der Waals surface area (Å²) in [6, 6.07) is 13.7. The quantitative estimate of drug-likeness (QED) is 0.599. The van der Waals surface area contributed by atoms with Gasteiger partial charge in [0.1, 0.15) is 0 Å². The summed E-state index contributed by atoms with van der Waals surface area (Å²) in [5.74, 6) is -0.712. The molecule has 0 aliphatic carbocycles. The van der Waals surface area contributed by atoms with Crippen LogP contribution in [0.4, 0.5) is 5.69 Å². The van der Waals surface area contributed by atoms with Crippen LogP contribution in [0, 0.1) is 6.92 Å². The highest BCUT2D eigenvalue weighted by atomic mass is 16.5. The van der Waals surface area contributed by atoms with Crippen LogP contribution < -0.4 is 5.32 Å². The lowest BCUT2D eigenvalue weighted by atomic mass is 10.0. The maximum atomic E-state index is 12.1. The van der Waals surface area contributed by atoms with Gasteiger partial charge in [0.25, 0.3) is 0 Å². The monoisotopic (exact) mass is 353 g/mol. The van der Waals surface area contributed by atoms with E-state index in [0.29, 0.717) is 16.8 Å². The van der Waals surface area contributed by atoms with Crippen molar-refractivity contribution in [1.29, 1.82) is 0 Å². The summed E-state index contributed by atoms with van der Waals surface area (Å²) in [6.07, 6.45) is 0.0605. The number of rotatable bonds is 7. The third kappa shape index (κ3) is 5.84. The van der Waals surface area contributed by atoms with Crippen LogP contribution in [0.25, 0.3) is 0 Å². The summed E-state index contributed by atoms with van der Waals surface area (Å²) in [5, 5.41) is 2.72. The second kappa shape index (κ2) is 8.94. The molecule has 0 unspecified atom stereocenters. The van der Waals surface area contributed by atoms with Gasteiger partial charge in [0, 0.05) is 24.1 Å². The lowest BCUT2D eigenvalue weighted by Gasteiger charge is -2.09. The van der Waals surface area contributed by atoms with E-state index < -0.39 is 5.97 Å². The first-order chi connectivity index (χ1) is 12.3. The van der Waals surface area contributed by atoms with Crippen LogP contribution in [-0.2, 0) is 9.53 Å². The first-order valence-corrected chi connectivity index (χ1v) is 8.56. The van der Waals surface area contributed by atoms with Gasteiger partial charge >= 0.3 is 5.97 Å². The van der Waals surface area contributed by atoms with Crippen LogP contribution in [0.15, 0.2) is 48.5 Å². The number of nitrogens with one attached hydrogen (secondary N) is 1. The molecule has 0 bridgehead atoms. The minimum absolute atomic E-state index is 0.0630. The smallest absolute Gasteiger partial charge is 0.338 e. The van der Waals surface area contributed by atoms with Crippen LogP contribution in [-0.4, -0.2) is 23.8 Å². The van der Waals surface area contributed by atoms with Crippen molar-refractivity contribution in [2.45, 2.75) is 39.7 Å². The molecule has 2 rings (SSSR count). The van der Waals surface area contributed by atoms with Gasteiger partial charge in [0.05, 0.1) is 11.7 Å². The number of hydrogen-bond donors (Lipinski definition) is 1. The first-order valence-electron chi connectivity index (χ1n) is 8.56. The summed E-state index contributed by atoms with van der Waals surface area (Å²) in [5.41, 5.74) is 2.68. The molecule has 0 aromatic heterocycles. The zero-order valence-electron chi connectivity index (χ0n) is 15.2. The molecule has 0 aliphatic rings. The van der Waals surface area contributed by atoms with Crippen LogP contribution in [0.3, 0.4) is 0 Å². The van der Waals surface area contributed by atoms with Crippen molar-refractivity contribution in [2.75, 3.05) is 5.32 Å². The summed E-state index contributed by atoms with van der Waals surface area (Å²) in [4.78, 5) is 35.9. The van der Waals surface area contributed by atoms with Crippen molar-refractivity contribution in [3.05, 3.63) is 65.2 Å². The van der Waals surface area contributed by atoms with Crippen molar-refractivity contribution >= 4 is 23.3 Å². The molecule has 0 saturated carbocycles. The largest absolute Gasteiger partial charge is 0.459 e. The number of ether oxygens (including phenoxy) is 1. The molecule has 5 heteroatoms. The molecule has 0 aliphatic heterocycles. The number of amides is 1. The highest BCUT2D eigenvalue weighted by Gasteiger charge is 2.11. The Hall–Kier alpha value is -2.95. The van der Waals surface area contributed by atoms with E-state index >= 15 is 0 Å². The van der Waals surface area contributed by atoms with E-state index in [0.717, 1.165) is 5.56 Å². The molecule has 0 saturated heterocycles. The van der Waals surface area contributed by atoms with Crippen LogP contribution in [0.1, 0.15) is 53.0 Å². The zero-order chi connectivity index (χ0) is 19.1. The average molecular weight is 353 g/mol. The fraction of sp³-hybridized carbons (Fsp3) is 0.286. The highest BCUT2D eigenvalue weighted by molar-refractivity contribution is 6.00. The Labute approximate surface area is 153 Å². The van der Waals surface area contributed by atoms with Crippen molar-refractivity contribution in [1.82, 2.24) is 0 Å². The minimum Gasteiger partial charge on any atom is -0.459 e. The average Bonchev–Trinajstić information content (AvgIpc) is 2.60. The Morgan fingerprint density at radius 1 is 0.885 bits per heavy atom. The van der Waals surface area contributed by atoms with Gasteiger partial charge in [-0.05, 0) is 45.0 Å². The van der Waals surface area contributed by atoms with E-state index in [1.54, 1.807) is 50.2 Å². The predicted octanol–water partition coefficient (Wildman–Crippen LogP) is 4.16. The van der Waals surface area contributed by atoms with Crippen LogP contribution in [0.5, 0.6) is 0 Å². The topological polar surface area (TPSA) is 72.5 Å². The van der Waals surface area contributed by atoms with Crippen molar-refractivity contribution < 1.29 is 19.1 Å². The Kier molecular flexibility index (Phi) is 6.67. The fourth-order valence-electron chi connectivity index (χ4n) is 2.31. The molecule has 0 fully saturated rings. The van der Waals surface area contributed by atoms with Gasteiger partial charge < -0.3 is 10.1 Å². The maximum Gasteiger partial charge on any atom is 0.338 e. The molecular formula is C21H23NO4. The number of ketones is 1. The number of benzene rings is 2. The SMILES string of the molecule is Cc1ccc(C(=O)CCC(=O)Nc2ccc(C(=O)OC(C)C)cc2)cc1. The maximum absolute atomic E-state index is 12.1. The molecule has 1 amide bonds. The molecule has 1 N–H and O–H groups in total. The Morgan fingerprint density at radius 2 is 1.46 bits per heavy atom. The Balaban J connectivity index is 1.84. The number of anilines is 1. The number of hydrogen-bond acceptors (Lipinski definition) is 4. The first kappa shape index (κ1) is 19.4. The summed E-state index contributed by atoms with van der Waals surface area (Å²) < 4.78 is 5.11. The van der Waals surface area contributed by atoms with Crippen LogP contribution >= 0.6 is 0 Å². The van der Waals surface area contributed by atoms with Crippen molar-refractivity contribution in [3.8, 4) is 0 Å². The molecule has 0 radical (unpaired) electrons. The van der Waals surface area contributed by atoms with Gasteiger partial charge in [-0.15, -0.1) is 0 Å². The summed E-state index contributed by atoms with van der Waals surface area (Å²) >= 11 is 0. The van der Waals surface area contributed by atoms with Gasteiger partial charge in [-0.25, -0.2) is 4.79 Å². The third-order valence-corrected chi connectivity index (χ3v) is 3.70. The second-order valence-corrected chi connectivity index (χ2v) is 6.37. The molecule has 0 atom stereocenters. The number of Topliss-reactive ketones (excluding diaryl/α,β-unsaturated/α-hetero) is 1.